The second-order valence-corrected chi connectivity index (χ2v) is 5.85. The van der Waals surface area contributed by atoms with Crippen molar-refractivity contribution < 1.29 is 4.74 Å². The van der Waals surface area contributed by atoms with Gasteiger partial charge >= 0.3 is 0 Å². The van der Waals surface area contributed by atoms with Crippen molar-refractivity contribution in [2.75, 3.05) is 19.5 Å². The Balaban J connectivity index is 2.19. The van der Waals surface area contributed by atoms with Crippen molar-refractivity contribution in [2.45, 2.75) is 50.3 Å². The molecule has 0 aromatic rings. The molecule has 0 aliphatic heterocycles. The van der Waals surface area contributed by atoms with Crippen LogP contribution >= 0.6 is 11.8 Å². The van der Waals surface area contributed by atoms with Gasteiger partial charge in [0.15, 0.2) is 0 Å². The van der Waals surface area contributed by atoms with Crippen molar-refractivity contribution >= 4 is 11.8 Å². The summed E-state index contributed by atoms with van der Waals surface area (Å²) >= 11 is 2.06. The largest absolute Gasteiger partial charge is 0.385 e. The molecule has 0 radical (unpaired) electrons. The van der Waals surface area contributed by atoms with Crippen molar-refractivity contribution in [1.82, 2.24) is 0 Å². The molecule has 0 spiro atoms. The second kappa shape index (κ2) is 7.53. The molecule has 2 nitrogen and oxygen atoms in total. The van der Waals surface area contributed by atoms with Crippen LogP contribution in [0.15, 0.2) is 0 Å². The Labute approximate surface area is 98.3 Å². The van der Waals surface area contributed by atoms with Gasteiger partial charge in [0.2, 0.25) is 0 Å². The SMILES string of the molecule is CCC1CCC(N)C(SCCCOC)C1. The summed E-state index contributed by atoms with van der Waals surface area (Å²) in [6.07, 6.45) is 6.37. The van der Waals surface area contributed by atoms with Gasteiger partial charge in [0.05, 0.1) is 0 Å². The van der Waals surface area contributed by atoms with E-state index in [1.807, 2.05) is 0 Å². The van der Waals surface area contributed by atoms with Crippen LogP contribution in [0.4, 0.5) is 0 Å². The average Bonchev–Trinajstić information content (AvgIpc) is 2.26. The summed E-state index contributed by atoms with van der Waals surface area (Å²) in [6, 6.07) is 0.431. The summed E-state index contributed by atoms with van der Waals surface area (Å²) in [6.45, 7) is 3.18. The lowest BCUT2D eigenvalue weighted by Crippen LogP contribution is -2.38. The van der Waals surface area contributed by atoms with Crippen molar-refractivity contribution in [3.8, 4) is 0 Å². The van der Waals surface area contributed by atoms with E-state index in [4.69, 9.17) is 10.5 Å². The van der Waals surface area contributed by atoms with Gasteiger partial charge in [0.1, 0.15) is 0 Å². The van der Waals surface area contributed by atoms with Crippen LogP contribution in [0.5, 0.6) is 0 Å². The molecule has 1 saturated carbocycles. The van der Waals surface area contributed by atoms with Crippen LogP contribution in [0.1, 0.15) is 39.0 Å². The van der Waals surface area contributed by atoms with Gasteiger partial charge in [-0.05, 0) is 37.4 Å². The van der Waals surface area contributed by atoms with E-state index in [2.05, 4.69) is 18.7 Å². The Morgan fingerprint density at radius 1 is 1.40 bits per heavy atom. The fraction of sp³-hybridized carbons (Fsp3) is 1.00. The molecule has 0 aromatic carbocycles. The van der Waals surface area contributed by atoms with Gasteiger partial charge in [0.25, 0.3) is 0 Å². The third kappa shape index (κ3) is 4.75. The highest BCUT2D eigenvalue weighted by Gasteiger charge is 2.27. The molecule has 0 aromatic heterocycles. The zero-order valence-electron chi connectivity index (χ0n) is 10.1. The van der Waals surface area contributed by atoms with Gasteiger partial charge in [-0.1, -0.05) is 13.3 Å². The monoisotopic (exact) mass is 231 g/mol. The highest BCUT2D eigenvalue weighted by atomic mass is 32.2. The van der Waals surface area contributed by atoms with Gasteiger partial charge in [-0.3, -0.25) is 0 Å². The van der Waals surface area contributed by atoms with Crippen LogP contribution in [-0.4, -0.2) is 30.8 Å². The van der Waals surface area contributed by atoms with Crippen LogP contribution in [0.2, 0.25) is 0 Å². The van der Waals surface area contributed by atoms with Crippen molar-refractivity contribution in [3.63, 3.8) is 0 Å². The van der Waals surface area contributed by atoms with E-state index < -0.39 is 0 Å². The second-order valence-electron chi connectivity index (χ2n) is 4.51. The van der Waals surface area contributed by atoms with Crippen LogP contribution in [0, 0.1) is 5.92 Å². The maximum atomic E-state index is 6.16. The molecule has 1 fully saturated rings. The van der Waals surface area contributed by atoms with E-state index >= 15 is 0 Å². The lowest BCUT2D eigenvalue weighted by molar-refractivity contribution is 0.200. The fourth-order valence-corrected chi connectivity index (χ4v) is 3.61. The molecular formula is C12H25NOS. The maximum absolute atomic E-state index is 6.16. The lowest BCUT2D eigenvalue weighted by Gasteiger charge is -2.33. The Bertz CT molecular complexity index is 166. The number of hydrogen-bond donors (Lipinski definition) is 1. The van der Waals surface area contributed by atoms with Crippen molar-refractivity contribution in [2.24, 2.45) is 11.7 Å². The predicted octanol–water partition coefficient (Wildman–Crippen LogP) is 2.66. The Hall–Kier alpha value is 0.270. The molecule has 1 rings (SSSR count). The zero-order valence-corrected chi connectivity index (χ0v) is 10.9. The first-order valence-electron chi connectivity index (χ1n) is 6.14. The predicted molar refractivity (Wildman–Crippen MR) is 68.3 cm³/mol. The molecule has 15 heavy (non-hydrogen) atoms. The van der Waals surface area contributed by atoms with Gasteiger partial charge in [-0.25, -0.2) is 0 Å². The summed E-state index contributed by atoms with van der Waals surface area (Å²) in [7, 11) is 1.77. The number of ether oxygens (including phenoxy) is 1. The van der Waals surface area contributed by atoms with E-state index in [0.717, 1.165) is 18.9 Å². The van der Waals surface area contributed by atoms with Gasteiger partial charge in [-0.15, -0.1) is 0 Å². The molecule has 1 aliphatic rings. The van der Waals surface area contributed by atoms with Crippen molar-refractivity contribution in [1.29, 1.82) is 0 Å². The van der Waals surface area contributed by atoms with Crippen LogP contribution in [0.3, 0.4) is 0 Å². The highest BCUT2D eigenvalue weighted by Crippen LogP contribution is 2.33. The number of hydrogen-bond acceptors (Lipinski definition) is 3. The Morgan fingerprint density at radius 3 is 2.87 bits per heavy atom. The molecule has 2 N–H and O–H groups in total. The molecule has 0 heterocycles. The van der Waals surface area contributed by atoms with Crippen LogP contribution < -0.4 is 5.73 Å². The Kier molecular flexibility index (Phi) is 6.69. The minimum absolute atomic E-state index is 0.431. The minimum Gasteiger partial charge on any atom is -0.385 e. The average molecular weight is 231 g/mol. The van der Waals surface area contributed by atoms with E-state index in [1.165, 1.54) is 31.4 Å². The first-order valence-corrected chi connectivity index (χ1v) is 7.19. The number of methoxy groups -OCH3 is 1. The summed E-state index contributed by atoms with van der Waals surface area (Å²) < 4.78 is 5.06. The van der Waals surface area contributed by atoms with E-state index in [-0.39, 0.29) is 0 Å². The molecule has 90 valence electrons. The number of thioether (sulfide) groups is 1. The minimum atomic E-state index is 0.431. The normalized spacial score (nSPS) is 31.8. The number of nitrogens with two attached hydrogens (primary N) is 1. The molecule has 3 unspecified atom stereocenters. The molecule has 0 bridgehead atoms. The molecule has 0 saturated heterocycles. The smallest absolute Gasteiger partial charge is 0.0470 e. The standard InChI is InChI=1S/C12H25NOS/c1-3-10-5-6-11(13)12(9-10)15-8-4-7-14-2/h10-12H,3-9,13H2,1-2H3. The summed E-state index contributed by atoms with van der Waals surface area (Å²) in [5.41, 5.74) is 6.16. The zero-order chi connectivity index (χ0) is 11.1. The topological polar surface area (TPSA) is 35.2 Å². The lowest BCUT2D eigenvalue weighted by atomic mass is 9.84. The van der Waals surface area contributed by atoms with Crippen LogP contribution in [-0.2, 0) is 4.74 Å². The quantitative estimate of drug-likeness (QED) is 0.714. The highest BCUT2D eigenvalue weighted by molar-refractivity contribution is 7.99. The summed E-state index contributed by atoms with van der Waals surface area (Å²) in [5.74, 6) is 2.12. The number of rotatable bonds is 6. The van der Waals surface area contributed by atoms with Crippen molar-refractivity contribution in [3.05, 3.63) is 0 Å². The first-order chi connectivity index (χ1) is 7.27. The molecule has 3 heteroatoms. The molecule has 1 aliphatic carbocycles. The third-order valence-electron chi connectivity index (χ3n) is 3.35. The van der Waals surface area contributed by atoms with E-state index in [1.54, 1.807) is 7.11 Å². The summed E-state index contributed by atoms with van der Waals surface area (Å²) in [5, 5.41) is 0.695. The Morgan fingerprint density at radius 2 is 2.20 bits per heavy atom. The first kappa shape index (κ1) is 13.3. The van der Waals surface area contributed by atoms with Gasteiger partial charge in [-0.2, -0.15) is 11.8 Å². The van der Waals surface area contributed by atoms with Crippen LogP contribution in [0.25, 0.3) is 0 Å². The molecule has 3 atom stereocenters. The van der Waals surface area contributed by atoms with E-state index in [0.29, 0.717) is 11.3 Å². The van der Waals surface area contributed by atoms with E-state index in [9.17, 15) is 0 Å². The third-order valence-corrected chi connectivity index (χ3v) is 4.85. The summed E-state index contributed by atoms with van der Waals surface area (Å²) in [4.78, 5) is 0. The van der Waals surface area contributed by atoms with Gasteiger partial charge < -0.3 is 10.5 Å². The molecular weight excluding hydrogens is 206 g/mol. The fourth-order valence-electron chi connectivity index (χ4n) is 2.24. The maximum Gasteiger partial charge on any atom is 0.0470 e. The molecule has 0 amide bonds. The van der Waals surface area contributed by atoms with Gasteiger partial charge in [0, 0.05) is 25.0 Å².